The topological polar surface area (TPSA) is 75.6 Å². The summed E-state index contributed by atoms with van der Waals surface area (Å²) in [6, 6.07) is 0.0641. The third-order valence-corrected chi connectivity index (χ3v) is 6.57. The van der Waals surface area contributed by atoms with Crippen molar-refractivity contribution in [2.24, 2.45) is 5.92 Å². The van der Waals surface area contributed by atoms with Crippen molar-refractivity contribution in [3.8, 4) is 0 Å². The van der Waals surface area contributed by atoms with Gasteiger partial charge in [-0.2, -0.15) is 0 Å². The minimum Gasteiger partial charge on any atom is -0.363 e. The second-order valence-corrected chi connectivity index (χ2v) is 8.45. The maximum atomic E-state index is 12.6. The lowest BCUT2D eigenvalue weighted by atomic mass is 9.82. The molecule has 1 unspecified atom stereocenters. The highest BCUT2D eigenvalue weighted by Crippen LogP contribution is 2.38. The summed E-state index contributed by atoms with van der Waals surface area (Å²) in [5.74, 6) is 0.728. The molecule has 8 heteroatoms. The van der Waals surface area contributed by atoms with Crippen molar-refractivity contribution in [3.05, 3.63) is 10.6 Å². The van der Waals surface area contributed by atoms with Crippen molar-refractivity contribution < 1.29 is 14.3 Å². The number of carbonyl (C=O) groups is 2. The van der Waals surface area contributed by atoms with Crippen LogP contribution in [-0.4, -0.2) is 69.1 Å². The van der Waals surface area contributed by atoms with Gasteiger partial charge in [0.05, 0.1) is 16.5 Å². The van der Waals surface area contributed by atoms with Gasteiger partial charge >= 0.3 is 0 Å². The quantitative estimate of drug-likeness (QED) is 0.812. The van der Waals surface area contributed by atoms with Crippen LogP contribution in [0.4, 0.5) is 0 Å². The van der Waals surface area contributed by atoms with Gasteiger partial charge in [-0.1, -0.05) is 4.49 Å². The van der Waals surface area contributed by atoms with Crippen molar-refractivity contribution >= 4 is 23.3 Å². The average Bonchev–Trinajstić information content (AvgIpc) is 3.34. The molecule has 0 bridgehead atoms. The van der Waals surface area contributed by atoms with Crippen LogP contribution in [0, 0.1) is 12.8 Å². The molecule has 1 aliphatic carbocycles. The van der Waals surface area contributed by atoms with Crippen LogP contribution in [0.1, 0.15) is 48.0 Å². The highest BCUT2D eigenvalue weighted by Gasteiger charge is 2.49. The number of carbonyl (C=O) groups excluding carboxylic acids is 2. The number of morpholine rings is 1. The first-order valence-electron chi connectivity index (χ1n) is 9.02. The van der Waals surface area contributed by atoms with Crippen LogP contribution in [0.15, 0.2) is 0 Å². The average molecular weight is 364 g/mol. The number of likely N-dealkylation sites (tertiary alicyclic amines) is 1. The predicted molar refractivity (Wildman–Crippen MR) is 92.4 cm³/mol. The van der Waals surface area contributed by atoms with Crippen LogP contribution in [0.3, 0.4) is 0 Å². The van der Waals surface area contributed by atoms with Gasteiger partial charge in [0.15, 0.2) is 5.69 Å². The third kappa shape index (κ3) is 3.06. The van der Waals surface area contributed by atoms with Gasteiger partial charge in [-0.15, -0.1) is 5.10 Å². The van der Waals surface area contributed by atoms with E-state index >= 15 is 0 Å². The zero-order chi connectivity index (χ0) is 17.6. The molecule has 2 saturated heterocycles. The van der Waals surface area contributed by atoms with E-state index in [1.807, 2.05) is 16.7 Å². The van der Waals surface area contributed by atoms with E-state index in [4.69, 9.17) is 4.74 Å². The highest BCUT2D eigenvalue weighted by molar-refractivity contribution is 7.05. The Labute approximate surface area is 151 Å². The number of hydrogen-bond acceptors (Lipinski definition) is 6. The van der Waals surface area contributed by atoms with Gasteiger partial charge in [-0.3, -0.25) is 9.59 Å². The SMILES string of the molecule is Cc1snnc1C(=O)N1CCC2(CC1)OCC(=O)N(CC1CC1)C2C. The maximum absolute atomic E-state index is 12.6. The van der Waals surface area contributed by atoms with Crippen molar-refractivity contribution in [3.63, 3.8) is 0 Å². The number of amides is 2. The van der Waals surface area contributed by atoms with Gasteiger partial charge in [-0.05, 0) is 57.0 Å². The summed E-state index contributed by atoms with van der Waals surface area (Å²) in [7, 11) is 0. The first-order valence-corrected chi connectivity index (χ1v) is 9.79. The van der Waals surface area contributed by atoms with E-state index in [2.05, 4.69) is 16.5 Å². The zero-order valence-corrected chi connectivity index (χ0v) is 15.5. The molecular formula is C17H24N4O3S. The standard InChI is InChI=1S/C17H24N4O3S/c1-11-15(18-19-25-11)16(23)20-7-5-17(6-8-20)12(2)21(9-13-3-4-13)14(22)10-24-17/h12-13H,3-10H2,1-2H3. The number of piperidine rings is 1. The molecule has 0 aromatic carbocycles. The van der Waals surface area contributed by atoms with Crippen LogP contribution in [0.25, 0.3) is 0 Å². The van der Waals surface area contributed by atoms with Crippen molar-refractivity contribution in [2.75, 3.05) is 26.2 Å². The van der Waals surface area contributed by atoms with Crippen molar-refractivity contribution in [1.82, 2.24) is 19.4 Å². The number of ether oxygens (including phenoxy) is 1. The molecule has 3 aliphatic rings. The second-order valence-electron chi connectivity index (χ2n) is 7.49. The van der Waals surface area contributed by atoms with E-state index in [-0.39, 0.29) is 30.1 Å². The minimum atomic E-state index is -0.324. The predicted octanol–water partition coefficient (Wildman–Crippen LogP) is 1.48. The fourth-order valence-electron chi connectivity index (χ4n) is 3.98. The number of rotatable bonds is 3. The Morgan fingerprint density at radius 3 is 2.68 bits per heavy atom. The molecule has 1 aromatic heterocycles. The Kier molecular flexibility index (Phi) is 4.27. The summed E-state index contributed by atoms with van der Waals surface area (Å²) in [6.07, 6.45) is 3.97. The van der Waals surface area contributed by atoms with Gasteiger partial charge in [-0.25, -0.2) is 0 Å². The molecule has 136 valence electrons. The summed E-state index contributed by atoms with van der Waals surface area (Å²) in [4.78, 5) is 29.6. The van der Waals surface area contributed by atoms with E-state index < -0.39 is 0 Å². The largest absolute Gasteiger partial charge is 0.363 e. The molecule has 0 radical (unpaired) electrons. The molecule has 7 nitrogen and oxygen atoms in total. The number of nitrogens with zero attached hydrogens (tertiary/aromatic N) is 4. The van der Waals surface area contributed by atoms with E-state index in [1.165, 1.54) is 24.4 Å². The molecule has 3 fully saturated rings. The number of aromatic nitrogens is 2. The van der Waals surface area contributed by atoms with Gasteiger partial charge in [0, 0.05) is 19.6 Å². The summed E-state index contributed by atoms with van der Waals surface area (Å²) < 4.78 is 9.91. The molecule has 1 spiro atoms. The maximum Gasteiger partial charge on any atom is 0.275 e. The number of aryl methyl sites for hydroxylation is 1. The Morgan fingerprint density at radius 1 is 1.36 bits per heavy atom. The van der Waals surface area contributed by atoms with Crippen molar-refractivity contribution in [2.45, 2.75) is 51.2 Å². The van der Waals surface area contributed by atoms with Gasteiger partial charge in [0.25, 0.3) is 5.91 Å². The molecule has 0 N–H and O–H groups in total. The first-order chi connectivity index (χ1) is 12.0. The molecular weight excluding hydrogens is 340 g/mol. The van der Waals surface area contributed by atoms with Crippen LogP contribution in [0.5, 0.6) is 0 Å². The van der Waals surface area contributed by atoms with Gasteiger partial charge < -0.3 is 14.5 Å². The van der Waals surface area contributed by atoms with Crippen molar-refractivity contribution in [1.29, 1.82) is 0 Å². The van der Waals surface area contributed by atoms with E-state index in [0.717, 1.165) is 24.3 Å². The lowest BCUT2D eigenvalue weighted by molar-refractivity contribution is -0.185. The Balaban J connectivity index is 1.44. The fourth-order valence-corrected chi connectivity index (χ4v) is 4.44. The summed E-state index contributed by atoms with van der Waals surface area (Å²) in [5, 5.41) is 3.96. The molecule has 3 heterocycles. The Morgan fingerprint density at radius 2 is 2.08 bits per heavy atom. The highest BCUT2D eigenvalue weighted by atomic mass is 32.1. The number of hydrogen-bond donors (Lipinski definition) is 0. The minimum absolute atomic E-state index is 0.0459. The summed E-state index contributed by atoms with van der Waals surface area (Å²) >= 11 is 1.25. The zero-order valence-electron chi connectivity index (χ0n) is 14.7. The van der Waals surface area contributed by atoms with Crippen LogP contribution in [0.2, 0.25) is 0 Å². The monoisotopic (exact) mass is 364 g/mol. The van der Waals surface area contributed by atoms with E-state index in [1.54, 1.807) is 0 Å². The van der Waals surface area contributed by atoms with Crippen LogP contribution >= 0.6 is 11.5 Å². The van der Waals surface area contributed by atoms with Gasteiger partial charge in [0.1, 0.15) is 6.61 Å². The lowest BCUT2D eigenvalue weighted by Crippen LogP contribution is -2.64. The summed E-state index contributed by atoms with van der Waals surface area (Å²) in [6.45, 7) is 6.26. The summed E-state index contributed by atoms with van der Waals surface area (Å²) in [5.41, 5.74) is 0.138. The first kappa shape index (κ1) is 16.9. The normalized spacial score (nSPS) is 26.3. The molecule has 25 heavy (non-hydrogen) atoms. The molecule has 2 amide bonds. The third-order valence-electron chi connectivity index (χ3n) is 5.94. The van der Waals surface area contributed by atoms with Crippen LogP contribution in [-0.2, 0) is 9.53 Å². The molecule has 1 aromatic rings. The molecule has 1 atom stereocenters. The Hall–Kier alpha value is -1.54. The lowest BCUT2D eigenvalue weighted by Gasteiger charge is -2.51. The van der Waals surface area contributed by atoms with E-state index in [9.17, 15) is 9.59 Å². The molecule has 4 rings (SSSR count). The Bertz CT molecular complexity index is 679. The van der Waals surface area contributed by atoms with Crippen LogP contribution < -0.4 is 0 Å². The van der Waals surface area contributed by atoms with Gasteiger partial charge in [0.2, 0.25) is 5.91 Å². The second kappa shape index (κ2) is 6.32. The fraction of sp³-hybridized carbons (Fsp3) is 0.765. The van der Waals surface area contributed by atoms with E-state index in [0.29, 0.717) is 24.7 Å². The molecule has 2 aliphatic heterocycles. The molecule has 1 saturated carbocycles. The smallest absolute Gasteiger partial charge is 0.275 e.